The molecule has 7 heteroatoms. The minimum Gasteiger partial charge on any atom is -0.461 e. The van der Waals surface area contributed by atoms with Crippen LogP contribution in [0.15, 0.2) is 11.6 Å². The Morgan fingerprint density at radius 3 is 2.77 bits per heavy atom. The van der Waals surface area contributed by atoms with E-state index in [-0.39, 0.29) is 29.8 Å². The molecule has 0 aromatic heterocycles. The number of rotatable bonds is 2. The van der Waals surface area contributed by atoms with Gasteiger partial charge in [0.15, 0.2) is 0 Å². The Labute approximate surface area is 130 Å². The molecule has 1 N–H and O–H groups in total. The maximum Gasteiger partial charge on any atom is 0.397 e. The van der Waals surface area contributed by atoms with Crippen LogP contribution >= 0.6 is 0 Å². The van der Waals surface area contributed by atoms with Crippen LogP contribution in [0.2, 0.25) is 0 Å². The van der Waals surface area contributed by atoms with Crippen LogP contribution < -0.4 is 0 Å². The molecule has 1 heterocycles. The molecule has 2 fully saturated rings. The molecular formula is C15H22O6S. The van der Waals surface area contributed by atoms with Crippen molar-refractivity contribution in [3.05, 3.63) is 11.6 Å². The van der Waals surface area contributed by atoms with Gasteiger partial charge in [0.1, 0.15) is 6.10 Å². The van der Waals surface area contributed by atoms with Gasteiger partial charge in [-0.05, 0) is 26.2 Å². The number of carbonyl (C=O) groups excluding carboxylic acids is 1. The lowest BCUT2D eigenvalue weighted by molar-refractivity contribution is -0.150. The van der Waals surface area contributed by atoms with Crippen LogP contribution in [0.1, 0.15) is 40.0 Å². The van der Waals surface area contributed by atoms with E-state index in [1.807, 2.05) is 26.8 Å². The molecule has 22 heavy (non-hydrogen) atoms. The molecule has 3 rings (SSSR count). The molecule has 0 radical (unpaired) electrons. The van der Waals surface area contributed by atoms with Crippen molar-refractivity contribution in [2.24, 2.45) is 23.2 Å². The van der Waals surface area contributed by atoms with Crippen molar-refractivity contribution in [3.63, 3.8) is 0 Å². The predicted octanol–water partition coefficient (Wildman–Crippen LogP) is 2.12. The lowest BCUT2D eigenvalue weighted by atomic mass is 9.55. The fourth-order valence-electron chi connectivity index (χ4n) is 4.65. The van der Waals surface area contributed by atoms with Crippen LogP contribution in [-0.2, 0) is 24.1 Å². The van der Waals surface area contributed by atoms with E-state index in [1.165, 1.54) is 0 Å². The molecule has 0 unspecified atom stereocenters. The van der Waals surface area contributed by atoms with Crippen molar-refractivity contribution >= 4 is 16.4 Å². The smallest absolute Gasteiger partial charge is 0.397 e. The van der Waals surface area contributed by atoms with Crippen molar-refractivity contribution in [3.8, 4) is 0 Å². The Morgan fingerprint density at radius 2 is 2.14 bits per heavy atom. The number of hydrogen-bond donors (Lipinski definition) is 1. The van der Waals surface area contributed by atoms with Crippen molar-refractivity contribution in [2.75, 3.05) is 0 Å². The average molecular weight is 330 g/mol. The molecule has 0 spiro atoms. The van der Waals surface area contributed by atoms with Crippen LogP contribution in [-0.4, -0.2) is 31.1 Å². The topological polar surface area (TPSA) is 89.9 Å². The Morgan fingerprint density at radius 1 is 1.45 bits per heavy atom. The molecule has 0 bridgehead atoms. The summed E-state index contributed by atoms with van der Waals surface area (Å²) in [7, 11) is -4.51. The normalized spacial score (nSPS) is 44.8. The van der Waals surface area contributed by atoms with E-state index in [0.717, 1.165) is 18.4 Å². The van der Waals surface area contributed by atoms with Gasteiger partial charge in [0.25, 0.3) is 0 Å². The molecule has 124 valence electrons. The summed E-state index contributed by atoms with van der Waals surface area (Å²) in [6.45, 7) is 5.85. The minimum absolute atomic E-state index is 0.0688. The van der Waals surface area contributed by atoms with Crippen molar-refractivity contribution < 1.29 is 26.7 Å². The maximum absolute atomic E-state index is 11.9. The number of esters is 1. The summed E-state index contributed by atoms with van der Waals surface area (Å²) < 4.78 is 41.9. The Hall–Kier alpha value is -0.920. The van der Waals surface area contributed by atoms with Crippen LogP contribution in [0, 0.1) is 23.2 Å². The first kappa shape index (κ1) is 16.0. The summed E-state index contributed by atoms with van der Waals surface area (Å²) in [5.41, 5.74) is 0.634. The highest BCUT2D eigenvalue weighted by Gasteiger charge is 2.59. The summed E-state index contributed by atoms with van der Waals surface area (Å²) in [6, 6.07) is 0. The van der Waals surface area contributed by atoms with E-state index in [9.17, 15) is 13.2 Å². The minimum atomic E-state index is -4.51. The fraction of sp³-hybridized carbons (Fsp3) is 0.800. The van der Waals surface area contributed by atoms with Gasteiger partial charge in [-0.25, -0.2) is 4.18 Å². The number of fused-ring (bicyclic) bond motifs is 3. The third kappa shape index (κ3) is 2.39. The van der Waals surface area contributed by atoms with E-state index >= 15 is 0 Å². The fourth-order valence-corrected chi connectivity index (χ4v) is 5.24. The molecule has 6 nitrogen and oxygen atoms in total. The first-order chi connectivity index (χ1) is 10.1. The monoisotopic (exact) mass is 330 g/mol. The first-order valence-corrected chi connectivity index (χ1v) is 9.03. The van der Waals surface area contributed by atoms with Crippen molar-refractivity contribution in [1.82, 2.24) is 0 Å². The van der Waals surface area contributed by atoms with Gasteiger partial charge in [-0.15, -0.1) is 0 Å². The Balaban J connectivity index is 1.97. The molecule has 1 saturated heterocycles. The zero-order chi connectivity index (χ0) is 16.3. The SMILES string of the molecule is CC1=CC[C@H](OS(=O)(=O)O)[C@@]2(C)CC[C@H]3[C@@H](OC(=O)[C@@H]3C)[C@H]12. The van der Waals surface area contributed by atoms with Gasteiger partial charge in [0.2, 0.25) is 0 Å². The molecule has 0 aromatic rings. The van der Waals surface area contributed by atoms with Crippen molar-refractivity contribution in [1.29, 1.82) is 0 Å². The van der Waals surface area contributed by atoms with E-state index in [2.05, 4.69) is 0 Å². The second kappa shape index (κ2) is 5.04. The largest absolute Gasteiger partial charge is 0.461 e. The molecule has 0 aromatic carbocycles. The number of carbonyl (C=O) groups is 1. The highest BCUT2D eigenvalue weighted by atomic mass is 32.3. The van der Waals surface area contributed by atoms with Crippen molar-refractivity contribution in [2.45, 2.75) is 52.2 Å². The molecule has 3 aliphatic rings. The summed E-state index contributed by atoms with van der Waals surface area (Å²) >= 11 is 0. The van der Waals surface area contributed by atoms with Crippen LogP contribution in [0.25, 0.3) is 0 Å². The van der Waals surface area contributed by atoms with Gasteiger partial charge in [0.05, 0.1) is 12.0 Å². The average Bonchev–Trinajstić information content (AvgIpc) is 2.67. The lowest BCUT2D eigenvalue weighted by Crippen LogP contribution is -2.53. The van der Waals surface area contributed by atoms with E-state index in [1.54, 1.807) is 0 Å². The summed E-state index contributed by atoms with van der Waals surface area (Å²) in [6.07, 6.45) is 3.03. The first-order valence-electron chi connectivity index (χ1n) is 7.66. The van der Waals surface area contributed by atoms with Crippen LogP contribution in [0.5, 0.6) is 0 Å². The third-order valence-corrected chi connectivity index (χ3v) is 6.34. The second-order valence-electron chi connectivity index (χ2n) is 7.07. The van der Waals surface area contributed by atoms with Crippen LogP contribution in [0.4, 0.5) is 0 Å². The summed E-state index contributed by atoms with van der Waals surface area (Å²) in [5, 5.41) is 0. The molecule has 1 aliphatic heterocycles. The van der Waals surface area contributed by atoms with Gasteiger partial charge in [0, 0.05) is 17.3 Å². The number of hydrogen-bond acceptors (Lipinski definition) is 5. The van der Waals surface area contributed by atoms with Gasteiger partial charge in [-0.1, -0.05) is 25.5 Å². The van der Waals surface area contributed by atoms with Gasteiger partial charge < -0.3 is 4.74 Å². The number of ether oxygens (including phenoxy) is 1. The third-order valence-electron chi connectivity index (χ3n) is 5.86. The maximum atomic E-state index is 11.9. The predicted molar refractivity (Wildman–Crippen MR) is 78.2 cm³/mol. The van der Waals surface area contributed by atoms with E-state index in [4.69, 9.17) is 13.5 Å². The second-order valence-corrected chi connectivity index (χ2v) is 8.12. The quantitative estimate of drug-likeness (QED) is 0.474. The van der Waals surface area contributed by atoms with E-state index < -0.39 is 21.9 Å². The zero-order valence-electron chi connectivity index (χ0n) is 13.0. The summed E-state index contributed by atoms with van der Waals surface area (Å²) in [5.74, 6) is -0.200. The molecule has 6 atom stereocenters. The Kier molecular flexibility index (Phi) is 3.66. The highest BCUT2D eigenvalue weighted by Crippen LogP contribution is 2.57. The zero-order valence-corrected chi connectivity index (χ0v) is 13.8. The van der Waals surface area contributed by atoms with E-state index in [0.29, 0.717) is 6.42 Å². The highest BCUT2D eigenvalue weighted by molar-refractivity contribution is 7.80. The van der Waals surface area contributed by atoms with Gasteiger partial charge in [-0.2, -0.15) is 8.42 Å². The van der Waals surface area contributed by atoms with Gasteiger partial charge >= 0.3 is 16.4 Å². The van der Waals surface area contributed by atoms with Crippen LogP contribution in [0.3, 0.4) is 0 Å². The lowest BCUT2D eigenvalue weighted by Gasteiger charge is -2.52. The summed E-state index contributed by atoms with van der Waals surface area (Å²) in [4.78, 5) is 11.9. The molecule has 1 saturated carbocycles. The molecule has 0 amide bonds. The molecular weight excluding hydrogens is 308 g/mol. The van der Waals surface area contributed by atoms with Gasteiger partial charge in [-0.3, -0.25) is 9.35 Å². The Bertz CT molecular complexity index is 624. The molecule has 2 aliphatic carbocycles. The standard InChI is InChI=1S/C15H22O6S/c1-8-4-5-11(21-22(17,18)19)15(3)7-6-10-9(2)14(16)20-13(10)12(8)15/h4,9-13H,5-7H2,1-3H3,(H,17,18,19)/t9-,10-,11+,12+,13-,15-/m1/s1.